The van der Waals surface area contributed by atoms with E-state index in [4.69, 9.17) is 9.47 Å². The van der Waals surface area contributed by atoms with Gasteiger partial charge in [0.15, 0.2) is 11.5 Å². The second kappa shape index (κ2) is 13.5. The van der Waals surface area contributed by atoms with E-state index in [-0.39, 0.29) is 12.4 Å². The fraction of sp³-hybridized carbons (Fsp3) is 0.455. The van der Waals surface area contributed by atoms with Gasteiger partial charge < -0.3 is 14.8 Å². The van der Waals surface area contributed by atoms with Crippen LogP contribution in [-0.4, -0.2) is 13.7 Å². The molecule has 0 spiro atoms. The van der Waals surface area contributed by atoms with E-state index >= 15 is 0 Å². The minimum Gasteiger partial charge on any atom is -0.493 e. The molecule has 4 heteroatoms. The van der Waals surface area contributed by atoms with E-state index in [1.165, 1.54) is 32.1 Å². The summed E-state index contributed by atoms with van der Waals surface area (Å²) >= 11 is 0. The fourth-order valence-corrected chi connectivity index (χ4v) is 2.83. The maximum absolute atomic E-state index is 6.09. The highest BCUT2D eigenvalue weighted by Crippen LogP contribution is 2.31. The molecule has 3 nitrogen and oxygen atoms in total. The lowest BCUT2D eigenvalue weighted by molar-refractivity contribution is 0.280. The van der Waals surface area contributed by atoms with Crippen molar-refractivity contribution in [2.45, 2.75) is 52.2 Å². The minimum absolute atomic E-state index is 0. The number of benzene rings is 2. The quantitative estimate of drug-likeness (QED) is 0.477. The Morgan fingerprint density at radius 3 is 2.38 bits per heavy atom. The predicted octanol–water partition coefficient (Wildman–Crippen LogP) is 5.76. The van der Waals surface area contributed by atoms with Gasteiger partial charge in [0.1, 0.15) is 6.61 Å². The van der Waals surface area contributed by atoms with Crippen molar-refractivity contribution in [3.05, 3.63) is 59.7 Å². The van der Waals surface area contributed by atoms with Crippen molar-refractivity contribution in [2.24, 2.45) is 0 Å². The number of hydrogen-bond acceptors (Lipinski definition) is 3. The van der Waals surface area contributed by atoms with E-state index in [9.17, 15) is 0 Å². The summed E-state index contributed by atoms with van der Waals surface area (Å²) in [6, 6.07) is 16.3. The summed E-state index contributed by atoms with van der Waals surface area (Å²) in [5.74, 6) is 1.63. The molecule has 0 aromatic heterocycles. The Kier molecular flexibility index (Phi) is 11.6. The van der Waals surface area contributed by atoms with Crippen molar-refractivity contribution in [3.8, 4) is 11.5 Å². The molecule has 0 aliphatic carbocycles. The molecule has 144 valence electrons. The van der Waals surface area contributed by atoms with E-state index in [0.29, 0.717) is 6.61 Å². The van der Waals surface area contributed by atoms with Crippen LogP contribution < -0.4 is 14.8 Å². The van der Waals surface area contributed by atoms with Gasteiger partial charge in [-0.2, -0.15) is 0 Å². The molecular weight excluding hydrogens is 346 g/mol. The second-order valence-electron chi connectivity index (χ2n) is 6.31. The van der Waals surface area contributed by atoms with Crippen LogP contribution in [-0.2, 0) is 13.2 Å². The first kappa shape index (κ1) is 22.3. The third-order valence-corrected chi connectivity index (χ3v) is 4.28. The average Bonchev–Trinajstić information content (AvgIpc) is 2.66. The molecule has 0 saturated carbocycles. The first-order chi connectivity index (χ1) is 12.3. The number of halogens is 1. The lowest BCUT2D eigenvalue weighted by atomic mass is 10.1. The zero-order valence-corrected chi connectivity index (χ0v) is 16.8. The summed E-state index contributed by atoms with van der Waals surface area (Å²) in [5, 5.41) is 3.53. The molecule has 2 rings (SSSR count). The van der Waals surface area contributed by atoms with Crippen LogP contribution >= 0.6 is 12.4 Å². The monoisotopic (exact) mass is 377 g/mol. The molecule has 2 aromatic rings. The minimum atomic E-state index is 0. The Bertz CT molecular complexity index is 604. The highest BCUT2D eigenvalue weighted by atomic mass is 35.5. The molecule has 0 heterocycles. The van der Waals surface area contributed by atoms with E-state index in [1.54, 1.807) is 7.11 Å². The zero-order valence-electron chi connectivity index (χ0n) is 16.0. The molecule has 0 unspecified atom stereocenters. The number of para-hydroxylation sites is 1. The van der Waals surface area contributed by atoms with Crippen molar-refractivity contribution >= 4 is 12.4 Å². The summed E-state index contributed by atoms with van der Waals surface area (Å²) < 4.78 is 11.6. The van der Waals surface area contributed by atoms with Crippen LogP contribution in [0.25, 0.3) is 0 Å². The Morgan fingerprint density at radius 2 is 1.65 bits per heavy atom. The number of hydrogen-bond donors (Lipinski definition) is 1. The largest absolute Gasteiger partial charge is 0.493 e. The highest BCUT2D eigenvalue weighted by molar-refractivity contribution is 5.85. The Labute approximate surface area is 164 Å². The van der Waals surface area contributed by atoms with Crippen molar-refractivity contribution in [3.63, 3.8) is 0 Å². The molecule has 0 amide bonds. The predicted molar refractivity (Wildman–Crippen MR) is 111 cm³/mol. The van der Waals surface area contributed by atoms with Crippen LogP contribution in [0.3, 0.4) is 0 Å². The van der Waals surface area contributed by atoms with Gasteiger partial charge in [0.05, 0.1) is 7.11 Å². The Hall–Kier alpha value is -1.71. The summed E-state index contributed by atoms with van der Waals surface area (Å²) in [4.78, 5) is 0. The second-order valence-corrected chi connectivity index (χ2v) is 6.31. The van der Waals surface area contributed by atoms with Crippen LogP contribution in [0.4, 0.5) is 0 Å². The number of ether oxygens (including phenoxy) is 2. The van der Waals surface area contributed by atoms with Crippen LogP contribution in [0.15, 0.2) is 48.5 Å². The van der Waals surface area contributed by atoms with Gasteiger partial charge in [-0.05, 0) is 24.6 Å². The molecule has 2 aromatic carbocycles. The molecule has 0 fully saturated rings. The van der Waals surface area contributed by atoms with Gasteiger partial charge >= 0.3 is 0 Å². The molecule has 0 atom stereocenters. The number of unbranched alkanes of at least 4 members (excludes halogenated alkanes) is 4. The van der Waals surface area contributed by atoms with Crippen LogP contribution in [0.5, 0.6) is 11.5 Å². The average molecular weight is 378 g/mol. The molecule has 0 aliphatic rings. The summed E-state index contributed by atoms with van der Waals surface area (Å²) in [6.07, 6.45) is 6.50. The highest BCUT2D eigenvalue weighted by Gasteiger charge is 2.10. The number of rotatable bonds is 12. The normalized spacial score (nSPS) is 10.2. The van der Waals surface area contributed by atoms with Gasteiger partial charge in [-0.25, -0.2) is 0 Å². The Balaban J connectivity index is 0.00000338. The summed E-state index contributed by atoms with van der Waals surface area (Å²) in [5.41, 5.74) is 2.30. The Morgan fingerprint density at radius 1 is 0.885 bits per heavy atom. The number of nitrogens with one attached hydrogen (secondary N) is 1. The van der Waals surface area contributed by atoms with E-state index in [1.807, 2.05) is 30.3 Å². The van der Waals surface area contributed by atoms with E-state index < -0.39 is 0 Å². The van der Waals surface area contributed by atoms with Crippen LogP contribution in [0.2, 0.25) is 0 Å². The van der Waals surface area contributed by atoms with E-state index in [2.05, 4.69) is 30.4 Å². The molecular formula is C22H32ClNO2. The molecule has 0 saturated heterocycles. The lowest BCUT2D eigenvalue weighted by Gasteiger charge is -2.15. The van der Waals surface area contributed by atoms with Crippen molar-refractivity contribution in [1.82, 2.24) is 5.32 Å². The maximum atomic E-state index is 6.09. The SMILES string of the molecule is CCCCCCCNCc1cccc(OC)c1OCc1ccccc1.Cl. The topological polar surface area (TPSA) is 30.5 Å². The summed E-state index contributed by atoms with van der Waals surface area (Å²) in [7, 11) is 1.69. The third kappa shape index (κ3) is 7.67. The van der Waals surface area contributed by atoms with Crippen molar-refractivity contribution < 1.29 is 9.47 Å². The lowest BCUT2D eigenvalue weighted by Crippen LogP contribution is -2.15. The molecule has 26 heavy (non-hydrogen) atoms. The van der Waals surface area contributed by atoms with Crippen molar-refractivity contribution in [2.75, 3.05) is 13.7 Å². The number of methoxy groups -OCH3 is 1. The molecule has 0 aliphatic heterocycles. The fourth-order valence-electron chi connectivity index (χ4n) is 2.83. The van der Waals surface area contributed by atoms with Crippen LogP contribution in [0, 0.1) is 0 Å². The van der Waals surface area contributed by atoms with Gasteiger partial charge in [0.25, 0.3) is 0 Å². The van der Waals surface area contributed by atoms with Crippen LogP contribution in [0.1, 0.15) is 50.2 Å². The maximum Gasteiger partial charge on any atom is 0.166 e. The molecule has 0 bridgehead atoms. The third-order valence-electron chi connectivity index (χ3n) is 4.28. The van der Waals surface area contributed by atoms with Crippen molar-refractivity contribution in [1.29, 1.82) is 0 Å². The van der Waals surface area contributed by atoms with Gasteiger partial charge in [0, 0.05) is 12.1 Å². The van der Waals surface area contributed by atoms with Gasteiger partial charge in [0.2, 0.25) is 0 Å². The van der Waals surface area contributed by atoms with Gasteiger partial charge in [-0.3, -0.25) is 0 Å². The smallest absolute Gasteiger partial charge is 0.166 e. The van der Waals surface area contributed by atoms with Gasteiger partial charge in [-0.15, -0.1) is 12.4 Å². The first-order valence-corrected chi connectivity index (χ1v) is 9.38. The molecule has 1 N–H and O–H groups in total. The van der Waals surface area contributed by atoms with Gasteiger partial charge in [-0.1, -0.05) is 75.1 Å². The van der Waals surface area contributed by atoms with E-state index in [0.717, 1.165) is 35.7 Å². The summed E-state index contributed by atoms with van der Waals surface area (Å²) in [6.45, 7) is 4.64. The molecule has 0 radical (unpaired) electrons. The zero-order chi connectivity index (χ0) is 17.7. The first-order valence-electron chi connectivity index (χ1n) is 9.38. The standard InChI is InChI=1S/C22H31NO2.ClH/c1-3-4-5-6-10-16-23-17-20-14-11-15-21(24-2)22(20)25-18-19-12-8-7-9-13-19;/h7-9,11-15,23H,3-6,10,16-18H2,1-2H3;1H.